The Hall–Kier alpha value is -1.59. The molecule has 1 aromatic carbocycles. The van der Waals surface area contributed by atoms with Gasteiger partial charge in [0.05, 0.1) is 6.04 Å². The summed E-state index contributed by atoms with van der Waals surface area (Å²) < 4.78 is 11.4. The molecule has 1 fully saturated rings. The molecule has 106 valence electrons. The summed E-state index contributed by atoms with van der Waals surface area (Å²) >= 11 is 5.88. The molecule has 1 aromatic heterocycles. The molecule has 1 saturated carbocycles. The summed E-state index contributed by atoms with van der Waals surface area (Å²) in [6.07, 6.45) is 1.78. The standard InChI is InChI=1S/C14H15ClN2O3/c1-19-8-13-16-17(14(18)20-13)12-6-10(7-12)9-2-4-11(15)5-3-9/h2-5,10,12H,6-8H2,1H3. The van der Waals surface area contributed by atoms with E-state index in [0.717, 1.165) is 17.9 Å². The second-order valence-electron chi connectivity index (χ2n) is 5.01. The highest BCUT2D eigenvalue weighted by atomic mass is 35.5. The Morgan fingerprint density at radius 3 is 2.75 bits per heavy atom. The Bertz CT molecular complexity index is 641. The van der Waals surface area contributed by atoms with Gasteiger partial charge in [0.1, 0.15) is 6.61 Å². The summed E-state index contributed by atoms with van der Waals surface area (Å²) in [7, 11) is 1.54. The first-order valence-corrected chi connectivity index (χ1v) is 6.88. The van der Waals surface area contributed by atoms with Crippen LogP contribution < -0.4 is 5.76 Å². The van der Waals surface area contributed by atoms with E-state index in [1.54, 1.807) is 7.11 Å². The van der Waals surface area contributed by atoms with Crippen LogP contribution in [0.2, 0.25) is 5.02 Å². The molecule has 2 aromatic rings. The second-order valence-corrected chi connectivity index (χ2v) is 5.45. The molecule has 1 heterocycles. The zero-order valence-corrected chi connectivity index (χ0v) is 11.8. The van der Waals surface area contributed by atoms with Gasteiger partial charge < -0.3 is 9.15 Å². The third-order valence-electron chi connectivity index (χ3n) is 3.68. The lowest BCUT2D eigenvalue weighted by Crippen LogP contribution is -2.31. The van der Waals surface area contributed by atoms with Gasteiger partial charge in [0, 0.05) is 12.1 Å². The molecule has 1 aliphatic carbocycles. The molecule has 3 rings (SSSR count). The van der Waals surface area contributed by atoms with Crippen LogP contribution >= 0.6 is 11.6 Å². The molecule has 0 bridgehead atoms. The lowest BCUT2D eigenvalue weighted by Gasteiger charge is -2.34. The smallest absolute Gasteiger partial charge is 0.390 e. The fraction of sp³-hybridized carbons (Fsp3) is 0.429. The first kappa shape index (κ1) is 13.4. The highest BCUT2D eigenvalue weighted by Gasteiger charge is 2.34. The number of hydrogen-bond acceptors (Lipinski definition) is 4. The molecule has 5 nitrogen and oxygen atoms in total. The first-order valence-electron chi connectivity index (χ1n) is 6.50. The lowest BCUT2D eigenvalue weighted by molar-refractivity contribution is 0.158. The van der Waals surface area contributed by atoms with E-state index in [1.165, 1.54) is 10.2 Å². The lowest BCUT2D eigenvalue weighted by atomic mass is 9.76. The SMILES string of the molecule is COCc1nn(C2CC(c3ccc(Cl)cc3)C2)c(=O)o1. The molecule has 1 aliphatic rings. The van der Waals surface area contributed by atoms with E-state index in [2.05, 4.69) is 5.10 Å². The van der Waals surface area contributed by atoms with Gasteiger partial charge in [-0.25, -0.2) is 4.79 Å². The van der Waals surface area contributed by atoms with Crippen LogP contribution in [0.1, 0.15) is 36.3 Å². The van der Waals surface area contributed by atoms with Crippen molar-refractivity contribution in [3.05, 3.63) is 51.3 Å². The molecular formula is C14H15ClN2O3. The average Bonchev–Trinajstić information content (AvgIpc) is 2.72. The number of nitrogens with zero attached hydrogens (tertiary/aromatic N) is 2. The Balaban J connectivity index is 1.68. The maximum atomic E-state index is 11.7. The van der Waals surface area contributed by atoms with Crippen molar-refractivity contribution in [1.29, 1.82) is 0 Å². The van der Waals surface area contributed by atoms with Crippen molar-refractivity contribution in [2.24, 2.45) is 0 Å². The van der Waals surface area contributed by atoms with Crippen LogP contribution in [-0.2, 0) is 11.3 Å². The molecule has 0 N–H and O–H groups in total. The van der Waals surface area contributed by atoms with E-state index in [4.69, 9.17) is 20.8 Å². The molecule has 0 radical (unpaired) electrons. The van der Waals surface area contributed by atoms with Crippen LogP contribution in [0.3, 0.4) is 0 Å². The predicted octanol–water partition coefficient (Wildman–Crippen LogP) is 2.75. The topological polar surface area (TPSA) is 57.3 Å². The van der Waals surface area contributed by atoms with Crippen molar-refractivity contribution in [3.63, 3.8) is 0 Å². The Morgan fingerprint density at radius 2 is 2.10 bits per heavy atom. The van der Waals surface area contributed by atoms with Gasteiger partial charge in [-0.2, -0.15) is 4.68 Å². The summed E-state index contributed by atoms with van der Waals surface area (Å²) in [4.78, 5) is 11.7. The summed E-state index contributed by atoms with van der Waals surface area (Å²) in [5, 5.41) is 4.89. The zero-order chi connectivity index (χ0) is 14.1. The Kier molecular flexibility index (Phi) is 3.63. The third kappa shape index (κ3) is 2.51. The van der Waals surface area contributed by atoms with Crippen LogP contribution in [0.15, 0.2) is 33.5 Å². The number of rotatable bonds is 4. The van der Waals surface area contributed by atoms with Gasteiger partial charge >= 0.3 is 5.76 Å². The van der Waals surface area contributed by atoms with Crippen LogP contribution in [0.25, 0.3) is 0 Å². The average molecular weight is 295 g/mol. The third-order valence-corrected chi connectivity index (χ3v) is 3.93. The Labute approximate surface area is 121 Å². The second kappa shape index (κ2) is 5.42. The van der Waals surface area contributed by atoms with Gasteiger partial charge in [-0.15, -0.1) is 5.10 Å². The van der Waals surface area contributed by atoms with Gasteiger partial charge in [0.25, 0.3) is 0 Å². The molecule has 20 heavy (non-hydrogen) atoms. The van der Waals surface area contributed by atoms with E-state index < -0.39 is 5.76 Å². The largest absolute Gasteiger partial charge is 0.437 e. The summed E-state index contributed by atoms with van der Waals surface area (Å²) in [6, 6.07) is 7.96. The van der Waals surface area contributed by atoms with Crippen molar-refractivity contribution >= 4 is 11.6 Å². The van der Waals surface area contributed by atoms with Crippen molar-refractivity contribution < 1.29 is 9.15 Å². The van der Waals surface area contributed by atoms with Crippen molar-refractivity contribution in [1.82, 2.24) is 9.78 Å². The minimum atomic E-state index is -0.406. The number of aromatic nitrogens is 2. The van der Waals surface area contributed by atoms with Gasteiger partial charge in [0.2, 0.25) is 5.89 Å². The maximum Gasteiger partial charge on any atom is 0.437 e. The maximum absolute atomic E-state index is 11.7. The number of benzene rings is 1. The van der Waals surface area contributed by atoms with Gasteiger partial charge in [-0.1, -0.05) is 23.7 Å². The molecule has 0 amide bonds. The van der Waals surface area contributed by atoms with Crippen LogP contribution in [-0.4, -0.2) is 16.9 Å². The van der Waals surface area contributed by atoms with Crippen molar-refractivity contribution in [2.75, 3.05) is 7.11 Å². The fourth-order valence-corrected chi connectivity index (χ4v) is 2.66. The summed E-state index contributed by atoms with van der Waals surface area (Å²) in [6.45, 7) is 0.218. The molecular weight excluding hydrogens is 280 g/mol. The van der Waals surface area contributed by atoms with E-state index in [1.807, 2.05) is 24.3 Å². The summed E-state index contributed by atoms with van der Waals surface area (Å²) in [5.74, 6) is 0.371. The molecule has 0 atom stereocenters. The van der Waals surface area contributed by atoms with E-state index in [0.29, 0.717) is 11.8 Å². The van der Waals surface area contributed by atoms with Crippen LogP contribution in [0.5, 0.6) is 0 Å². The molecule has 6 heteroatoms. The number of ether oxygens (including phenoxy) is 1. The minimum Gasteiger partial charge on any atom is -0.390 e. The molecule has 0 spiro atoms. The number of hydrogen-bond donors (Lipinski definition) is 0. The van der Waals surface area contributed by atoms with E-state index in [-0.39, 0.29) is 12.6 Å². The Morgan fingerprint density at radius 1 is 1.40 bits per heavy atom. The highest BCUT2D eigenvalue weighted by Crippen LogP contribution is 2.43. The first-order chi connectivity index (χ1) is 9.67. The normalized spacial score (nSPS) is 21.7. The fourth-order valence-electron chi connectivity index (χ4n) is 2.54. The summed E-state index contributed by atoms with van der Waals surface area (Å²) in [5.41, 5.74) is 1.25. The number of methoxy groups -OCH3 is 1. The predicted molar refractivity (Wildman–Crippen MR) is 73.9 cm³/mol. The zero-order valence-electron chi connectivity index (χ0n) is 11.1. The van der Waals surface area contributed by atoms with Crippen LogP contribution in [0.4, 0.5) is 0 Å². The van der Waals surface area contributed by atoms with Crippen molar-refractivity contribution in [2.45, 2.75) is 31.4 Å². The monoisotopic (exact) mass is 294 g/mol. The van der Waals surface area contributed by atoms with Crippen molar-refractivity contribution in [3.8, 4) is 0 Å². The van der Waals surface area contributed by atoms with Gasteiger partial charge in [-0.3, -0.25) is 0 Å². The quantitative estimate of drug-likeness (QED) is 0.870. The number of halogens is 1. The molecule has 0 aliphatic heterocycles. The van der Waals surface area contributed by atoms with Gasteiger partial charge in [-0.05, 0) is 36.5 Å². The van der Waals surface area contributed by atoms with E-state index >= 15 is 0 Å². The van der Waals surface area contributed by atoms with E-state index in [9.17, 15) is 4.79 Å². The molecule has 0 unspecified atom stereocenters. The van der Waals surface area contributed by atoms with Gasteiger partial charge in [0.15, 0.2) is 0 Å². The van der Waals surface area contributed by atoms with Crippen LogP contribution in [0, 0.1) is 0 Å². The molecule has 0 saturated heterocycles. The minimum absolute atomic E-state index is 0.109. The highest BCUT2D eigenvalue weighted by molar-refractivity contribution is 6.30.